The fourth-order valence-corrected chi connectivity index (χ4v) is 4.16. The highest BCUT2D eigenvalue weighted by Gasteiger charge is 2.18. The number of amides is 2. The number of thiazole rings is 1. The topological polar surface area (TPSA) is 92.3 Å². The molecule has 0 atom stereocenters. The van der Waals surface area contributed by atoms with Crippen molar-refractivity contribution >= 4 is 33.9 Å². The van der Waals surface area contributed by atoms with Crippen LogP contribution in [0.3, 0.4) is 0 Å². The second-order valence-electron chi connectivity index (χ2n) is 7.53. The van der Waals surface area contributed by atoms with Gasteiger partial charge in [-0.25, -0.2) is 32.9 Å². The van der Waals surface area contributed by atoms with Crippen LogP contribution in [0.15, 0.2) is 55.0 Å². The molecule has 0 unspecified atom stereocenters. The lowest BCUT2D eigenvalue weighted by molar-refractivity contribution is 0.262. The van der Waals surface area contributed by atoms with Gasteiger partial charge in [0.15, 0.2) is 22.6 Å². The Hall–Kier alpha value is -4.19. The zero-order valence-electron chi connectivity index (χ0n) is 18.0. The number of urea groups is 1. The quantitative estimate of drug-likeness (QED) is 0.333. The molecule has 1 saturated heterocycles. The zero-order valence-corrected chi connectivity index (χ0v) is 18.8. The molecule has 12 heteroatoms. The van der Waals surface area contributed by atoms with Gasteiger partial charge in [-0.3, -0.25) is 0 Å². The predicted octanol–water partition coefficient (Wildman–Crippen LogP) is 5.66. The molecular formula is C23H17F3N6O2S. The summed E-state index contributed by atoms with van der Waals surface area (Å²) in [5.41, 5.74) is 0.683. The zero-order chi connectivity index (χ0) is 24.4. The highest BCUT2D eigenvalue weighted by Crippen LogP contribution is 2.34. The van der Waals surface area contributed by atoms with Gasteiger partial charge in [-0.2, -0.15) is 0 Å². The summed E-state index contributed by atoms with van der Waals surface area (Å²) < 4.78 is 45.6. The molecule has 2 aromatic carbocycles. The van der Waals surface area contributed by atoms with E-state index in [1.165, 1.54) is 18.8 Å². The molecule has 35 heavy (non-hydrogen) atoms. The van der Waals surface area contributed by atoms with Crippen LogP contribution in [0.4, 0.5) is 34.5 Å². The SMILES string of the molecule is O=C(Nc1cnc(Oc2ccc(-c3cnc(N4CCC4)s3)cc2)nc1)Nc1ccc(F)c(F)c1F. The summed E-state index contributed by atoms with van der Waals surface area (Å²) in [5, 5.41) is 5.48. The number of nitrogens with zero attached hydrogens (tertiary/aromatic N) is 4. The lowest BCUT2D eigenvalue weighted by atomic mass is 10.2. The molecule has 0 bridgehead atoms. The molecule has 2 amide bonds. The number of benzene rings is 2. The number of hydrogen-bond donors (Lipinski definition) is 2. The van der Waals surface area contributed by atoms with E-state index >= 15 is 0 Å². The van der Waals surface area contributed by atoms with Crippen molar-refractivity contribution in [2.45, 2.75) is 6.42 Å². The molecule has 3 heterocycles. The predicted molar refractivity (Wildman–Crippen MR) is 125 cm³/mol. The maximum absolute atomic E-state index is 13.7. The first-order valence-corrected chi connectivity index (χ1v) is 11.3. The number of aromatic nitrogens is 3. The number of nitrogens with one attached hydrogen (secondary N) is 2. The standard InChI is InChI=1S/C23H17F3N6O2S/c24-16-6-7-17(20(26)19(16)25)31-21(33)30-14-10-27-22(28-11-14)34-15-4-2-13(3-5-15)18-12-29-23(35-18)32-8-1-9-32/h2-7,10-12H,1,8-9H2,(H2,30,31,33). The van der Waals surface area contributed by atoms with E-state index in [1.54, 1.807) is 23.5 Å². The van der Waals surface area contributed by atoms with Gasteiger partial charge in [-0.05, 0) is 48.4 Å². The van der Waals surface area contributed by atoms with E-state index in [0.29, 0.717) is 11.8 Å². The first-order chi connectivity index (χ1) is 17.0. The van der Waals surface area contributed by atoms with Crippen molar-refractivity contribution in [3.63, 3.8) is 0 Å². The molecule has 1 aliphatic heterocycles. The van der Waals surface area contributed by atoms with Crippen LogP contribution in [0, 0.1) is 17.5 Å². The van der Waals surface area contributed by atoms with E-state index in [9.17, 15) is 18.0 Å². The van der Waals surface area contributed by atoms with Crippen LogP contribution in [-0.2, 0) is 0 Å². The Morgan fingerprint density at radius 3 is 2.34 bits per heavy atom. The third-order valence-electron chi connectivity index (χ3n) is 5.14. The van der Waals surface area contributed by atoms with E-state index in [0.717, 1.165) is 34.7 Å². The summed E-state index contributed by atoms with van der Waals surface area (Å²) in [5.74, 6) is -4.01. The van der Waals surface area contributed by atoms with Crippen molar-refractivity contribution in [3.8, 4) is 22.2 Å². The lowest BCUT2D eigenvalue weighted by Gasteiger charge is -2.30. The number of anilines is 3. The number of halogens is 3. The van der Waals surface area contributed by atoms with E-state index < -0.39 is 29.2 Å². The van der Waals surface area contributed by atoms with Crippen LogP contribution in [0.25, 0.3) is 10.4 Å². The minimum absolute atomic E-state index is 0.0493. The monoisotopic (exact) mass is 498 g/mol. The second-order valence-corrected chi connectivity index (χ2v) is 8.54. The van der Waals surface area contributed by atoms with Gasteiger partial charge in [-0.1, -0.05) is 11.3 Å². The van der Waals surface area contributed by atoms with Crippen LogP contribution in [0.2, 0.25) is 0 Å². The Balaban J connectivity index is 1.17. The van der Waals surface area contributed by atoms with Gasteiger partial charge >= 0.3 is 12.0 Å². The minimum Gasteiger partial charge on any atom is -0.424 e. The van der Waals surface area contributed by atoms with Crippen molar-refractivity contribution in [2.24, 2.45) is 0 Å². The average molecular weight is 498 g/mol. The highest BCUT2D eigenvalue weighted by molar-refractivity contribution is 7.18. The van der Waals surface area contributed by atoms with Crippen molar-refractivity contribution in [2.75, 3.05) is 28.6 Å². The summed E-state index contributed by atoms with van der Waals surface area (Å²) in [4.78, 5) is 27.8. The molecule has 4 aromatic rings. The average Bonchev–Trinajstić information content (AvgIpc) is 3.29. The molecule has 2 aromatic heterocycles. The van der Waals surface area contributed by atoms with Gasteiger partial charge < -0.3 is 20.3 Å². The fraction of sp³-hybridized carbons (Fsp3) is 0.130. The highest BCUT2D eigenvalue weighted by atomic mass is 32.1. The Morgan fingerprint density at radius 1 is 0.914 bits per heavy atom. The molecular weight excluding hydrogens is 481 g/mol. The fourth-order valence-electron chi connectivity index (χ4n) is 3.19. The van der Waals surface area contributed by atoms with Gasteiger partial charge in [0, 0.05) is 19.3 Å². The van der Waals surface area contributed by atoms with Crippen molar-refractivity contribution in [1.29, 1.82) is 0 Å². The molecule has 8 nitrogen and oxygen atoms in total. The summed E-state index contributed by atoms with van der Waals surface area (Å²) in [6.45, 7) is 2.09. The van der Waals surface area contributed by atoms with Crippen LogP contribution in [-0.4, -0.2) is 34.1 Å². The van der Waals surface area contributed by atoms with Crippen LogP contribution in [0.5, 0.6) is 11.8 Å². The van der Waals surface area contributed by atoms with Crippen molar-refractivity contribution in [1.82, 2.24) is 15.0 Å². The van der Waals surface area contributed by atoms with E-state index in [4.69, 9.17) is 4.74 Å². The first kappa shape index (κ1) is 22.6. The van der Waals surface area contributed by atoms with Gasteiger partial charge in [0.2, 0.25) is 0 Å². The van der Waals surface area contributed by atoms with Crippen LogP contribution < -0.4 is 20.3 Å². The lowest BCUT2D eigenvalue weighted by Crippen LogP contribution is -2.36. The molecule has 0 radical (unpaired) electrons. The molecule has 0 spiro atoms. The Morgan fingerprint density at radius 2 is 1.66 bits per heavy atom. The van der Waals surface area contributed by atoms with Crippen LogP contribution in [0.1, 0.15) is 6.42 Å². The molecule has 1 aliphatic rings. The van der Waals surface area contributed by atoms with Gasteiger partial charge in [0.05, 0.1) is 28.6 Å². The number of carbonyl (C=O) groups is 1. The molecule has 2 N–H and O–H groups in total. The maximum Gasteiger partial charge on any atom is 0.323 e. The smallest absolute Gasteiger partial charge is 0.323 e. The summed E-state index contributed by atoms with van der Waals surface area (Å²) in [6.07, 6.45) is 5.63. The summed E-state index contributed by atoms with van der Waals surface area (Å²) in [7, 11) is 0. The molecule has 1 fully saturated rings. The molecule has 0 aliphatic carbocycles. The van der Waals surface area contributed by atoms with Crippen molar-refractivity contribution in [3.05, 3.63) is 72.4 Å². The van der Waals surface area contributed by atoms with Crippen molar-refractivity contribution < 1.29 is 22.7 Å². The van der Waals surface area contributed by atoms with E-state index in [1.807, 2.05) is 18.3 Å². The molecule has 178 valence electrons. The Bertz CT molecular complexity index is 1360. The van der Waals surface area contributed by atoms with E-state index in [2.05, 4.69) is 30.5 Å². The first-order valence-electron chi connectivity index (χ1n) is 10.5. The molecule has 0 saturated carbocycles. The number of ether oxygens (including phenoxy) is 1. The van der Waals surface area contributed by atoms with Gasteiger partial charge in [0.1, 0.15) is 5.75 Å². The number of carbonyl (C=O) groups excluding carboxylic acids is 1. The normalized spacial score (nSPS) is 12.7. The Kier molecular flexibility index (Phi) is 6.19. The summed E-state index contributed by atoms with van der Waals surface area (Å²) >= 11 is 1.64. The van der Waals surface area contributed by atoms with Gasteiger partial charge in [0.25, 0.3) is 0 Å². The second kappa shape index (κ2) is 9.58. The summed E-state index contributed by atoms with van der Waals surface area (Å²) in [6, 6.07) is 8.19. The minimum atomic E-state index is -1.68. The van der Waals surface area contributed by atoms with Crippen LogP contribution >= 0.6 is 11.3 Å². The Labute approximate surface area is 201 Å². The number of rotatable bonds is 6. The third-order valence-corrected chi connectivity index (χ3v) is 6.24. The molecule has 5 rings (SSSR count). The largest absolute Gasteiger partial charge is 0.424 e. The van der Waals surface area contributed by atoms with Gasteiger partial charge in [-0.15, -0.1) is 0 Å². The van der Waals surface area contributed by atoms with E-state index in [-0.39, 0.29) is 11.7 Å². The third kappa shape index (κ3) is 5.01. The number of hydrogen-bond acceptors (Lipinski definition) is 7. The maximum atomic E-state index is 13.7.